The third kappa shape index (κ3) is 6.56. The van der Waals surface area contributed by atoms with Crippen LogP contribution in [0.15, 0.2) is 47.2 Å². The Kier molecular flexibility index (Phi) is 7.34. The van der Waals surface area contributed by atoms with Crippen molar-refractivity contribution in [3.63, 3.8) is 0 Å². The van der Waals surface area contributed by atoms with Gasteiger partial charge in [0.2, 0.25) is 5.91 Å². The molecular formula is C20H17ClF3N3O3S. The standard InChI is InChI=1S/C20H17ClF3N3O3S/c21-15-6-5-13(20(22,23)24)9-12(15)10-14-11-26-19(31-14)27-17(28)4-1-7-25-18(29)16-3-2-8-30-16/h2-3,5-6,8-9,11H,1,4,7,10H2,(H,25,29)(H,26,27,28). The van der Waals surface area contributed by atoms with Crippen molar-refractivity contribution >= 4 is 39.9 Å². The largest absolute Gasteiger partial charge is 0.459 e. The van der Waals surface area contributed by atoms with Crippen LogP contribution in [0, 0.1) is 0 Å². The molecule has 164 valence electrons. The number of nitrogens with one attached hydrogen (secondary N) is 2. The number of hydrogen-bond acceptors (Lipinski definition) is 5. The second-order valence-electron chi connectivity index (χ2n) is 6.50. The summed E-state index contributed by atoms with van der Waals surface area (Å²) in [7, 11) is 0. The van der Waals surface area contributed by atoms with Crippen molar-refractivity contribution in [2.75, 3.05) is 11.9 Å². The lowest BCUT2D eigenvalue weighted by atomic mass is 10.1. The van der Waals surface area contributed by atoms with Gasteiger partial charge in [0.15, 0.2) is 10.9 Å². The summed E-state index contributed by atoms with van der Waals surface area (Å²) in [5, 5.41) is 5.84. The van der Waals surface area contributed by atoms with Crippen LogP contribution in [-0.2, 0) is 17.4 Å². The van der Waals surface area contributed by atoms with E-state index in [0.717, 1.165) is 23.5 Å². The second kappa shape index (κ2) is 9.97. The molecule has 2 amide bonds. The Morgan fingerprint density at radius 1 is 1.23 bits per heavy atom. The van der Waals surface area contributed by atoms with E-state index in [1.54, 1.807) is 6.07 Å². The molecule has 0 aliphatic carbocycles. The molecule has 0 aliphatic rings. The maximum atomic E-state index is 12.9. The zero-order valence-electron chi connectivity index (χ0n) is 16.0. The van der Waals surface area contributed by atoms with Gasteiger partial charge >= 0.3 is 6.18 Å². The molecule has 2 heterocycles. The molecule has 0 radical (unpaired) electrons. The normalized spacial score (nSPS) is 11.4. The SMILES string of the molecule is O=C(CCCNC(=O)c1ccco1)Nc1ncc(Cc2cc(C(F)(F)F)ccc2Cl)s1. The fourth-order valence-electron chi connectivity index (χ4n) is 2.65. The van der Waals surface area contributed by atoms with E-state index >= 15 is 0 Å². The van der Waals surface area contributed by atoms with E-state index in [-0.39, 0.29) is 35.4 Å². The third-order valence-electron chi connectivity index (χ3n) is 4.15. The van der Waals surface area contributed by atoms with Gasteiger partial charge in [0, 0.05) is 35.5 Å². The average Bonchev–Trinajstić information content (AvgIpc) is 3.38. The number of hydrogen-bond donors (Lipinski definition) is 2. The zero-order valence-corrected chi connectivity index (χ0v) is 17.5. The summed E-state index contributed by atoms with van der Waals surface area (Å²) in [4.78, 5) is 28.5. The van der Waals surface area contributed by atoms with Gasteiger partial charge in [-0.1, -0.05) is 11.6 Å². The number of carbonyl (C=O) groups excluding carboxylic acids is 2. The van der Waals surface area contributed by atoms with E-state index in [2.05, 4.69) is 15.6 Å². The summed E-state index contributed by atoms with van der Waals surface area (Å²) in [6.45, 7) is 0.296. The molecule has 0 fully saturated rings. The Morgan fingerprint density at radius 2 is 2.03 bits per heavy atom. The van der Waals surface area contributed by atoms with Crippen molar-refractivity contribution in [3.05, 3.63) is 69.6 Å². The minimum atomic E-state index is -4.45. The highest BCUT2D eigenvalue weighted by molar-refractivity contribution is 7.15. The molecule has 1 aromatic carbocycles. The first-order chi connectivity index (χ1) is 14.7. The molecule has 6 nitrogen and oxygen atoms in total. The topological polar surface area (TPSA) is 84.2 Å². The van der Waals surface area contributed by atoms with E-state index in [0.29, 0.717) is 28.5 Å². The summed E-state index contributed by atoms with van der Waals surface area (Å²) < 4.78 is 43.7. The van der Waals surface area contributed by atoms with Crippen LogP contribution in [0.2, 0.25) is 5.02 Å². The van der Waals surface area contributed by atoms with Crippen molar-refractivity contribution in [1.82, 2.24) is 10.3 Å². The van der Waals surface area contributed by atoms with Gasteiger partial charge in [0.05, 0.1) is 11.8 Å². The fraction of sp³-hybridized carbons (Fsp3) is 0.250. The van der Waals surface area contributed by atoms with Crippen LogP contribution in [0.25, 0.3) is 0 Å². The number of furan rings is 1. The maximum absolute atomic E-state index is 12.9. The summed E-state index contributed by atoms with van der Waals surface area (Å²) in [5.74, 6) is -0.450. The Labute approximate surface area is 184 Å². The molecule has 0 saturated carbocycles. The number of alkyl halides is 3. The van der Waals surface area contributed by atoms with Crippen molar-refractivity contribution < 1.29 is 27.2 Å². The van der Waals surface area contributed by atoms with Crippen molar-refractivity contribution in [2.45, 2.75) is 25.4 Å². The van der Waals surface area contributed by atoms with E-state index in [1.165, 1.54) is 24.6 Å². The number of amides is 2. The van der Waals surface area contributed by atoms with Crippen LogP contribution in [0.1, 0.15) is 39.4 Å². The summed E-state index contributed by atoms with van der Waals surface area (Å²) in [6.07, 6.45) is -0.839. The zero-order chi connectivity index (χ0) is 22.4. The lowest BCUT2D eigenvalue weighted by Gasteiger charge is -2.09. The van der Waals surface area contributed by atoms with Gasteiger partial charge in [-0.25, -0.2) is 4.98 Å². The molecule has 0 bridgehead atoms. The predicted molar refractivity (Wildman–Crippen MR) is 110 cm³/mol. The number of benzene rings is 1. The number of anilines is 1. The van der Waals surface area contributed by atoms with E-state index in [9.17, 15) is 22.8 Å². The number of nitrogens with zero attached hydrogens (tertiary/aromatic N) is 1. The molecule has 3 rings (SSSR count). The number of aromatic nitrogens is 1. The Hall–Kier alpha value is -2.85. The molecule has 3 aromatic rings. The van der Waals surface area contributed by atoms with Gasteiger partial charge in [0.25, 0.3) is 5.91 Å². The Morgan fingerprint density at radius 3 is 2.74 bits per heavy atom. The quantitative estimate of drug-likeness (QED) is 0.445. The number of thiazole rings is 1. The van der Waals surface area contributed by atoms with E-state index < -0.39 is 11.7 Å². The van der Waals surface area contributed by atoms with Crippen LogP contribution in [0.4, 0.5) is 18.3 Å². The lowest BCUT2D eigenvalue weighted by molar-refractivity contribution is -0.137. The fourth-order valence-corrected chi connectivity index (χ4v) is 3.68. The van der Waals surface area contributed by atoms with Gasteiger partial charge in [-0.05, 0) is 42.3 Å². The first kappa shape index (κ1) is 22.8. The van der Waals surface area contributed by atoms with Crippen LogP contribution in [0.3, 0.4) is 0 Å². The summed E-state index contributed by atoms with van der Waals surface area (Å²) in [5.41, 5.74) is -0.450. The van der Waals surface area contributed by atoms with Gasteiger partial charge in [-0.15, -0.1) is 11.3 Å². The minimum absolute atomic E-state index is 0.160. The minimum Gasteiger partial charge on any atom is -0.459 e. The highest BCUT2D eigenvalue weighted by atomic mass is 35.5. The molecule has 0 atom stereocenters. The van der Waals surface area contributed by atoms with Crippen LogP contribution >= 0.6 is 22.9 Å². The Bertz CT molecular complexity index is 1050. The number of carbonyl (C=O) groups is 2. The molecule has 0 unspecified atom stereocenters. The van der Waals surface area contributed by atoms with Crippen LogP contribution < -0.4 is 10.6 Å². The molecule has 0 aliphatic heterocycles. The maximum Gasteiger partial charge on any atom is 0.416 e. The van der Waals surface area contributed by atoms with Gasteiger partial charge in [-0.3, -0.25) is 9.59 Å². The summed E-state index contributed by atoms with van der Waals surface area (Å²) in [6, 6.07) is 6.30. The van der Waals surface area contributed by atoms with E-state index in [1.807, 2.05) is 0 Å². The van der Waals surface area contributed by atoms with Crippen molar-refractivity contribution in [3.8, 4) is 0 Å². The van der Waals surface area contributed by atoms with Crippen LogP contribution in [-0.4, -0.2) is 23.3 Å². The second-order valence-corrected chi connectivity index (χ2v) is 8.02. The monoisotopic (exact) mass is 471 g/mol. The predicted octanol–water partition coefficient (Wildman–Crippen LogP) is 5.15. The molecule has 0 spiro atoms. The molecule has 11 heteroatoms. The van der Waals surface area contributed by atoms with Gasteiger partial charge in [0.1, 0.15) is 0 Å². The lowest BCUT2D eigenvalue weighted by Crippen LogP contribution is -2.25. The first-order valence-corrected chi connectivity index (χ1v) is 10.3. The summed E-state index contributed by atoms with van der Waals surface area (Å²) >= 11 is 7.18. The molecular weight excluding hydrogens is 455 g/mol. The van der Waals surface area contributed by atoms with Gasteiger partial charge < -0.3 is 15.1 Å². The van der Waals surface area contributed by atoms with Crippen molar-refractivity contribution in [1.29, 1.82) is 0 Å². The highest BCUT2D eigenvalue weighted by Crippen LogP contribution is 2.33. The highest BCUT2D eigenvalue weighted by Gasteiger charge is 2.30. The molecule has 2 aromatic heterocycles. The molecule has 2 N–H and O–H groups in total. The molecule has 0 saturated heterocycles. The number of rotatable bonds is 8. The smallest absolute Gasteiger partial charge is 0.416 e. The number of halogens is 4. The Balaban J connectivity index is 1.47. The van der Waals surface area contributed by atoms with Crippen molar-refractivity contribution in [2.24, 2.45) is 0 Å². The molecule has 31 heavy (non-hydrogen) atoms. The first-order valence-electron chi connectivity index (χ1n) is 9.14. The van der Waals surface area contributed by atoms with Gasteiger partial charge in [-0.2, -0.15) is 13.2 Å². The average molecular weight is 472 g/mol. The van der Waals surface area contributed by atoms with E-state index in [4.69, 9.17) is 16.0 Å². The third-order valence-corrected chi connectivity index (χ3v) is 5.43. The van der Waals surface area contributed by atoms with Crippen LogP contribution in [0.5, 0.6) is 0 Å².